The Morgan fingerprint density at radius 2 is 2.00 bits per heavy atom. The van der Waals surface area contributed by atoms with E-state index in [-0.39, 0.29) is 5.91 Å². The smallest absolute Gasteiger partial charge is 0.225 e. The Balaban J connectivity index is 1.85. The van der Waals surface area contributed by atoms with Crippen LogP contribution in [0.4, 0.5) is 11.5 Å². The van der Waals surface area contributed by atoms with Crippen molar-refractivity contribution in [1.29, 1.82) is 0 Å². The quantitative estimate of drug-likeness (QED) is 0.831. The third kappa shape index (κ3) is 4.75. The summed E-state index contributed by atoms with van der Waals surface area (Å²) >= 11 is 1.57. The molecule has 2 rings (SSSR count). The molecule has 0 aliphatic heterocycles. The van der Waals surface area contributed by atoms with E-state index in [1.54, 1.807) is 24.2 Å². The second-order valence-corrected chi connectivity index (χ2v) is 5.70. The van der Waals surface area contributed by atoms with E-state index in [1.165, 1.54) is 0 Å². The highest BCUT2D eigenvalue weighted by atomic mass is 32.2. The van der Waals surface area contributed by atoms with Gasteiger partial charge in [0.15, 0.2) is 5.82 Å². The highest BCUT2D eigenvalue weighted by Gasteiger charge is 2.09. The van der Waals surface area contributed by atoms with Crippen molar-refractivity contribution in [3.05, 3.63) is 42.7 Å². The van der Waals surface area contributed by atoms with Gasteiger partial charge in [0.25, 0.3) is 0 Å². The van der Waals surface area contributed by atoms with Gasteiger partial charge in [0, 0.05) is 38.7 Å². The molecule has 1 N–H and O–H groups in total. The summed E-state index contributed by atoms with van der Waals surface area (Å²) < 4.78 is 0. The Morgan fingerprint density at radius 1 is 1.19 bits per heavy atom. The van der Waals surface area contributed by atoms with Crippen molar-refractivity contribution in [3.63, 3.8) is 0 Å². The normalized spacial score (nSPS) is 10.2. The predicted molar refractivity (Wildman–Crippen MR) is 86.8 cm³/mol. The van der Waals surface area contributed by atoms with Crippen LogP contribution < -0.4 is 10.2 Å². The van der Waals surface area contributed by atoms with E-state index in [0.29, 0.717) is 12.2 Å². The number of hydrogen-bond donors (Lipinski definition) is 1. The van der Waals surface area contributed by atoms with E-state index in [4.69, 9.17) is 0 Å². The molecule has 1 amide bonds. The van der Waals surface area contributed by atoms with Gasteiger partial charge >= 0.3 is 0 Å². The van der Waals surface area contributed by atoms with Gasteiger partial charge in [-0.1, -0.05) is 6.07 Å². The lowest BCUT2D eigenvalue weighted by molar-refractivity contribution is -0.115. The van der Waals surface area contributed by atoms with E-state index in [1.807, 2.05) is 49.3 Å². The number of aromatic nitrogens is 2. The summed E-state index contributed by atoms with van der Waals surface area (Å²) in [6, 6.07) is 9.42. The second-order valence-electron chi connectivity index (χ2n) is 4.58. The van der Waals surface area contributed by atoms with Gasteiger partial charge in [0.05, 0.1) is 10.7 Å². The summed E-state index contributed by atoms with van der Waals surface area (Å²) in [4.78, 5) is 22.3. The molecule has 0 aliphatic carbocycles. The van der Waals surface area contributed by atoms with Gasteiger partial charge in [-0.15, -0.1) is 11.8 Å². The summed E-state index contributed by atoms with van der Waals surface area (Å²) in [5.41, 5.74) is 0.732. The molecular formula is C15H18N4OS. The maximum absolute atomic E-state index is 12.0. The van der Waals surface area contributed by atoms with Crippen LogP contribution in [0.25, 0.3) is 0 Å². The van der Waals surface area contributed by atoms with Crippen molar-refractivity contribution in [3.8, 4) is 0 Å². The zero-order valence-electron chi connectivity index (χ0n) is 12.1. The molecule has 0 spiro atoms. The lowest BCUT2D eigenvalue weighted by Crippen LogP contribution is -2.17. The molecule has 0 radical (unpaired) electrons. The number of rotatable bonds is 6. The van der Waals surface area contributed by atoms with Crippen molar-refractivity contribution < 1.29 is 4.79 Å². The number of nitrogens with zero attached hydrogens (tertiary/aromatic N) is 3. The SMILES string of the molecule is CN(C)c1ncccc1NC(=O)CCSc1ccccn1. The van der Waals surface area contributed by atoms with Crippen LogP contribution in [-0.4, -0.2) is 35.7 Å². The minimum atomic E-state index is -0.0190. The molecule has 21 heavy (non-hydrogen) atoms. The van der Waals surface area contributed by atoms with Gasteiger partial charge in [0.1, 0.15) is 0 Å². The highest BCUT2D eigenvalue weighted by Crippen LogP contribution is 2.21. The van der Waals surface area contributed by atoms with Crippen LogP contribution in [-0.2, 0) is 4.79 Å². The summed E-state index contributed by atoms with van der Waals surface area (Å²) in [5.74, 6) is 1.43. The van der Waals surface area contributed by atoms with Crippen molar-refractivity contribution in [2.45, 2.75) is 11.4 Å². The third-order valence-corrected chi connectivity index (χ3v) is 3.65. The Kier molecular flexibility index (Phi) is 5.57. The lowest BCUT2D eigenvalue weighted by Gasteiger charge is -2.16. The van der Waals surface area contributed by atoms with Crippen LogP contribution in [0.2, 0.25) is 0 Å². The van der Waals surface area contributed by atoms with Gasteiger partial charge in [-0.05, 0) is 24.3 Å². The Bertz CT molecular complexity index is 589. The van der Waals surface area contributed by atoms with E-state index in [9.17, 15) is 4.79 Å². The first-order chi connectivity index (χ1) is 10.2. The van der Waals surface area contributed by atoms with Gasteiger partial charge < -0.3 is 10.2 Å². The fourth-order valence-electron chi connectivity index (χ4n) is 1.74. The first-order valence-electron chi connectivity index (χ1n) is 6.63. The second kappa shape index (κ2) is 7.64. The molecular weight excluding hydrogens is 284 g/mol. The lowest BCUT2D eigenvalue weighted by atomic mass is 10.3. The molecule has 5 nitrogen and oxygen atoms in total. The molecule has 0 unspecified atom stereocenters. The fraction of sp³-hybridized carbons (Fsp3) is 0.267. The van der Waals surface area contributed by atoms with Crippen molar-refractivity contribution in [2.24, 2.45) is 0 Å². The Labute approximate surface area is 128 Å². The minimum Gasteiger partial charge on any atom is -0.361 e. The van der Waals surface area contributed by atoms with E-state index >= 15 is 0 Å². The summed E-state index contributed by atoms with van der Waals surface area (Å²) in [5, 5.41) is 3.83. The van der Waals surface area contributed by atoms with Gasteiger partial charge in [0.2, 0.25) is 5.91 Å². The zero-order valence-corrected chi connectivity index (χ0v) is 12.9. The molecule has 0 aliphatic rings. The van der Waals surface area contributed by atoms with Crippen LogP contribution in [0.15, 0.2) is 47.8 Å². The Hall–Kier alpha value is -2.08. The number of hydrogen-bond acceptors (Lipinski definition) is 5. The van der Waals surface area contributed by atoms with Crippen LogP contribution in [0.5, 0.6) is 0 Å². The van der Waals surface area contributed by atoms with Crippen molar-refractivity contribution in [2.75, 3.05) is 30.1 Å². The first kappa shape index (κ1) is 15.3. The number of carbonyl (C=O) groups excluding carboxylic acids is 1. The monoisotopic (exact) mass is 302 g/mol. The van der Waals surface area contributed by atoms with Crippen LogP contribution >= 0.6 is 11.8 Å². The van der Waals surface area contributed by atoms with Crippen LogP contribution in [0.1, 0.15) is 6.42 Å². The molecule has 2 aromatic rings. The highest BCUT2D eigenvalue weighted by molar-refractivity contribution is 7.99. The predicted octanol–water partition coefficient (Wildman–Crippen LogP) is 2.66. The van der Waals surface area contributed by atoms with Crippen molar-refractivity contribution >= 4 is 29.2 Å². The standard InChI is InChI=1S/C15H18N4OS/c1-19(2)15-12(6-5-10-17-15)18-13(20)8-11-21-14-7-3-4-9-16-14/h3-7,9-10H,8,11H2,1-2H3,(H,18,20). The topological polar surface area (TPSA) is 58.1 Å². The molecule has 0 aromatic carbocycles. The number of anilines is 2. The average molecular weight is 302 g/mol. The number of pyridine rings is 2. The van der Waals surface area contributed by atoms with E-state index in [0.717, 1.165) is 16.5 Å². The zero-order chi connectivity index (χ0) is 15.1. The summed E-state index contributed by atoms with van der Waals surface area (Å²) in [6.07, 6.45) is 3.90. The molecule has 0 saturated carbocycles. The van der Waals surface area contributed by atoms with Gasteiger partial charge in [-0.25, -0.2) is 9.97 Å². The first-order valence-corrected chi connectivity index (χ1v) is 7.61. The number of nitrogens with one attached hydrogen (secondary N) is 1. The van der Waals surface area contributed by atoms with Crippen LogP contribution in [0, 0.1) is 0 Å². The van der Waals surface area contributed by atoms with Crippen LogP contribution in [0.3, 0.4) is 0 Å². The van der Waals surface area contributed by atoms with Gasteiger partial charge in [-0.2, -0.15) is 0 Å². The molecule has 110 valence electrons. The number of thioether (sulfide) groups is 1. The molecule has 2 heterocycles. The summed E-state index contributed by atoms with van der Waals surface area (Å²) in [7, 11) is 3.80. The van der Waals surface area contributed by atoms with E-state index < -0.39 is 0 Å². The molecule has 6 heteroatoms. The minimum absolute atomic E-state index is 0.0190. The van der Waals surface area contributed by atoms with E-state index in [2.05, 4.69) is 15.3 Å². The Morgan fingerprint density at radius 3 is 2.71 bits per heavy atom. The molecule has 0 saturated heterocycles. The molecule has 2 aromatic heterocycles. The molecule has 0 fully saturated rings. The summed E-state index contributed by atoms with van der Waals surface area (Å²) in [6.45, 7) is 0. The maximum Gasteiger partial charge on any atom is 0.225 e. The van der Waals surface area contributed by atoms with Gasteiger partial charge in [-0.3, -0.25) is 4.79 Å². The van der Waals surface area contributed by atoms with Crippen molar-refractivity contribution in [1.82, 2.24) is 9.97 Å². The average Bonchev–Trinajstić information content (AvgIpc) is 2.48. The number of amides is 1. The number of carbonyl (C=O) groups is 1. The molecule has 0 bridgehead atoms. The maximum atomic E-state index is 12.0. The fourth-order valence-corrected chi connectivity index (χ4v) is 2.55. The largest absolute Gasteiger partial charge is 0.361 e. The third-order valence-electron chi connectivity index (χ3n) is 2.70. The molecule has 0 atom stereocenters.